The van der Waals surface area contributed by atoms with Gasteiger partial charge in [0, 0.05) is 30.7 Å². The third-order valence-electron chi connectivity index (χ3n) is 7.08. The number of rotatable bonds is 3. The SMILES string of the molecule is CCC1CN(C23CC4CC(CC(C4)C2)C3)C(CC)CN1. The zero-order valence-corrected chi connectivity index (χ0v) is 13.4. The highest BCUT2D eigenvalue weighted by Gasteiger charge is 2.55. The van der Waals surface area contributed by atoms with Crippen LogP contribution in [0.1, 0.15) is 65.2 Å². The van der Waals surface area contributed by atoms with Crippen LogP contribution in [0.4, 0.5) is 0 Å². The van der Waals surface area contributed by atoms with E-state index < -0.39 is 0 Å². The fourth-order valence-corrected chi connectivity index (χ4v) is 6.50. The van der Waals surface area contributed by atoms with E-state index >= 15 is 0 Å². The first-order valence-electron chi connectivity index (χ1n) is 9.22. The van der Waals surface area contributed by atoms with Crippen molar-refractivity contribution in [2.75, 3.05) is 13.1 Å². The molecule has 1 saturated heterocycles. The maximum absolute atomic E-state index is 3.79. The quantitative estimate of drug-likeness (QED) is 0.850. The first-order valence-corrected chi connectivity index (χ1v) is 9.22. The third-order valence-corrected chi connectivity index (χ3v) is 7.08. The van der Waals surface area contributed by atoms with E-state index in [2.05, 4.69) is 24.1 Å². The van der Waals surface area contributed by atoms with E-state index in [4.69, 9.17) is 0 Å². The lowest BCUT2D eigenvalue weighted by Crippen LogP contribution is -2.68. The molecule has 4 saturated carbocycles. The van der Waals surface area contributed by atoms with Crippen molar-refractivity contribution in [3.63, 3.8) is 0 Å². The van der Waals surface area contributed by atoms with Crippen LogP contribution in [0.15, 0.2) is 0 Å². The summed E-state index contributed by atoms with van der Waals surface area (Å²) in [6, 6.07) is 1.54. The van der Waals surface area contributed by atoms with Crippen molar-refractivity contribution in [2.24, 2.45) is 17.8 Å². The molecule has 20 heavy (non-hydrogen) atoms. The number of nitrogens with one attached hydrogen (secondary N) is 1. The van der Waals surface area contributed by atoms with Crippen molar-refractivity contribution >= 4 is 0 Å². The van der Waals surface area contributed by atoms with Gasteiger partial charge < -0.3 is 5.32 Å². The standard InChI is InChI=1S/C18H32N2/c1-3-16-12-20(17(4-2)11-19-16)18-8-13-5-14(9-18)7-15(6-13)10-18/h13-17,19H,3-12H2,1-2H3. The molecule has 1 heterocycles. The Morgan fingerprint density at radius 1 is 0.950 bits per heavy atom. The molecule has 2 heteroatoms. The number of piperazine rings is 1. The maximum Gasteiger partial charge on any atom is 0.0224 e. The fraction of sp³-hybridized carbons (Fsp3) is 1.00. The van der Waals surface area contributed by atoms with Crippen LogP contribution in [0, 0.1) is 17.8 Å². The number of hydrogen-bond donors (Lipinski definition) is 1. The molecule has 5 rings (SSSR count). The Bertz CT molecular complexity index is 329. The van der Waals surface area contributed by atoms with Gasteiger partial charge in [-0.15, -0.1) is 0 Å². The summed E-state index contributed by atoms with van der Waals surface area (Å²) >= 11 is 0. The summed E-state index contributed by atoms with van der Waals surface area (Å²) in [5, 5.41) is 3.79. The molecule has 1 aliphatic heterocycles. The van der Waals surface area contributed by atoms with Crippen molar-refractivity contribution < 1.29 is 0 Å². The first kappa shape index (κ1) is 13.6. The Morgan fingerprint density at radius 2 is 1.55 bits per heavy atom. The Balaban J connectivity index is 1.60. The second-order valence-corrected chi connectivity index (χ2v) is 8.37. The minimum atomic E-state index is 0.616. The minimum Gasteiger partial charge on any atom is -0.311 e. The first-order chi connectivity index (χ1) is 9.72. The van der Waals surface area contributed by atoms with Gasteiger partial charge in [0.05, 0.1) is 0 Å². The van der Waals surface area contributed by atoms with Crippen LogP contribution in [0.5, 0.6) is 0 Å². The predicted octanol–water partition coefficient (Wildman–Crippen LogP) is 3.42. The molecule has 1 N–H and O–H groups in total. The molecule has 5 fully saturated rings. The summed E-state index contributed by atoms with van der Waals surface area (Å²) in [6.45, 7) is 7.30. The largest absolute Gasteiger partial charge is 0.311 e. The molecule has 0 radical (unpaired) electrons. The number of hydrogen-bond acceptors (Lipinski definition) is 2. The highest BCUT2D eigenvalue weighted by Crippen LogP contribution is 2.58. The van der Waals surface area contributed by atoms with E-state index in [1.54, 1.807) is 19.3 Å². The molecule has 0 aromatic heterocycles. The second-order valence-electron chi connectivity index (χ2n) is 8.37. The molecule has 0 aromatic carbocycles. The fourth-order valence-electron chi connectivity index (χ4n) is 6.50. The van der Waals surface area contributed by atoms with E-state index in [0.29, 0.717) is 5.54 Å². The van der Waals surface area contributed by atoms with E-state index in [-0.39, 0.29) is 0 Å². The molecule has 0 amide bonds. The lowest BCUT2D eigenvalue weighted by molar-refractivity contribution is -0.115. The van der Waals surface area contributed by atoms with Crippen molar-refractivity contribution in [2.45, 2.75) is 82.8 Å². The van der Waals surface area contributed by atoms with Gasteiger partial charge in [0.25, 0.3) is 0 Å². The van der Waals surface area contributed by atoms with E-state index in [1.807, 2.05) is 0 Å². The van der Waals surface area contributed by atoms with Crippen molar-refractivity contribution in [1.82, 2.24) is 10.2 Å². The van der Waals surface area contributed by atoms with Crippen molar-refractivity contribution in [3.05, 3.63) is 0 Å². The summed E-state index contributed by atoms with van der Waals surface area (Å²) < 4.78 is 0. The Labute approximate surface area is 124 Å². The lowest BCUT2D eigenvalue weighted by Gasteiger charge is -2.63. The van der Waals surface area contributed by atoms with Crippen LogP contribution < -0.4 is 5.32 Å². The van der Waals surface area contributed by atoms with Crippen LogP contribution in [0.2, 0.25) is 0 Å². The molecular formula is C18H32N2. The number of nitrogens with zero attached hydrogens (tertiary/aromatic N) is 1. The molecule has 2 nitrogen and oxygen atoms in total. The Morgan fingerprint density at radius 3 is 2.05 bits per heavy atom. The molecule has 0 spiro atoms. The van der Waals surface area contributed by atoms with Crippen molar-refractivity contribution in [1.29, 1.82) is 0 Å². The normalized spacial score (nSPS) is 51.6. The highest BCUT2D eigenvalue weighted by atomic mass is 15.3. The summed E-state index contributed by atoms with van der Waals surface area (Å²) in [6.07, 6.45) is 11.9. The maximum atomic E-state index is 3.79. The molecule has 4 aliphatic carbocycles. The molecule has 2 unspecified atom stereocenters. The summed E-state index contributed by atoms with van der Waals surface area (Å²) in [5.41, 5.74) is 0.616. The van der Waals surface area contributed by atoms with Gasteiger partial charge in [0.1, 0.15) is 0 Å². The molecular weight excluding hydrogens is 244 g/mol. The third kappa shape index (κ3) is 2.06. The topological polar surface area (TPSA) is 15.3 Å². The van der Waals surface area contributed by atoms with Crippen LogP contribution >= 0.6 is 0 Å². The van der Waals surface area contributed by atoms with Gasteiger partial charge in [-0.2, -0.15) is 0 Å². The average molecular weight is 276 g/mol. The van der Waals surface area contributed by atoms with Crippen molar-refractivity contribution in [3.8, 4) is 0 Å². The molecule has 4 bridgehead atoms. The minimum absolute atomic E-state index is 0.616. The summed E-state index contributed by atoms with van der Waals surface area (Å²) in [5.74, 6) is 3.23. The van der Waals surface area contributed by atoms with Gasteiger partial charge in [0.2, 0.25) is 0 Å². The van der Waals surface area contributed by atoms with Gasteiger partial charge >= 0.3 is 0 Å². The molecule has 114 valence electrons. The van der Waals surface area contributed by atoms with Gasteiger partial charge in [-0.1, -0.05) is 13.8 Å². The van der Waals surface area contributed by atoms with Crippen LogP contribution in [0.25, 0.3) is 0 Å². The van der Waals surface area contributed by atoms with E-state index in [1.165, 1.54) is 45.2 Å². The van der Waals surface area contributed by atoms with Crippen LogP contribution in [0.3, 0.4) is 0 Å². The van der Waals surface area contributed by atoms with Crippen LogP contribution in [-0.2, 0) is 0 Å². The van der Waals surface area contributed by atoms with E-state index in [0.717, 1.165) is 29.8 Å². The van der Waals surface area contributed by atoms with Crippen LogP contribution in [-0.4, -0.2) is 35.6 Å². The second kappa shape index (κ2) is 4.98. The zero-order valence-electron chi connectivity index (χ0n) is 13.4. The smallest absolute Gasteiger partial charge is 0.0224 e. The molecule has 5 aliphatic rings. The Kier molecular flexibility index (Phi) is 3.38. The van der Waals surface area contributed by atoms with Gasteiger partial charge in [-0.25, -0.2) is 0 Å². The predicted molar refractivity (Wildman–Crippen MR) is 83.8 cm³/mol. The highest BCUT2D eigenvalue weighted by molar-refractivity contribution is 5.09. The Hall–Kier alpha value is -0.0800. The van der Waals surface area contributed by atoms with Gasteiger partial charge in [-0.05, 0) is 69.1 Å². The lowest BCUT2D eigenvalue weighted by atomic mass is 9.52. The molecule has 0 aromatic rings. The van der Waals surface area contributed by atoms with Gasteiger partial charge in [0.15, 0.2) is 0 Å². The summed E-state index contributed by atoms with van der Waals surface area (Å²) in [4.78, 5) is 3.02. The summed E-state index contributed by atoms with van der Waals surface area (Å²) in [7, 11) is 0. The average Bonchev–Trinajstić information content (AvgIpc) is 2.45. The van der Waals surface area contributed by atoms with E-state index in [9.17, 15) is 0 Å². The molecule has 2 atom stereocenters. The monoisotopic (exact) mass is 276 g/mol. The van der Waals surface area contributed by atoms with Gasteiger partial charge in [-0.3, -0.25) is 4.90 Å². The zero-order chi connectivity index (χ0) is 13.7.